The molecule has 15 heteroatoms. The first-order valence-corrected chi connectivity index (χ1v) is 12.4. The lowest BCUT2D eigenvalue weighted by Gasteiger charge is -2.19. The highest BCUT2D eigenvalue weighted by atomic mass is 31.2. The number of ether oxygens (including phenoxy) is 1. The zero-order chi connectivity index (χ0) is 24.7. The molecule has 0 spiro atoms. The van der Waals surface area contributed by atoms with Crippen LogP contribution in [-0.2, 0) is 20.2 Å². The maximum Gasteiger partial charge on any atom is 0.474 e. The smallest absolute Gasteiger partial charge is 0.387 e. The van der Waals surface area contributed by atoms with Gasteiger partial charge in [-0.1, -0.05) is 18.2 Å². The van der Waals surface area contributed by atoms with Gasteiger partial charge in [0.05, 0.1) is 18.5 Å². The van der Waals surface area contributed by atoms with Crippen LogP contribution in [0, 0.1) is 0 Å². The molecule has 3 aromatic heterocycles. The molecule has 1 aliphatic heterocycles. The maximum atomic E-state index is 12.9. The fourth-order valence-corrected chi connectivity index (χ4v) is 4.90. The number of nitrogens with zero attached hydrogens (tertiary/aromatic N) is 5. The average molecular weight is 504 g/mol. The van der Waals surface area contributed by atoms with Crippen LogP contribution in [0.4, 0.5) is 5.82 Å². The predicted molar refractivity (Wildman–Crippen MR) is 125 cm³/mol. The lowest BCUT2D eigenvalue weighted by molar-refractivity contribution is -0.0491. The van der Waals surface area contributed by atoms with Crippen LogP contribution in [0.25, 0.3) is 22.1 Å². The first-order valence-electron chi connectivity index (χ1n) is 10.8. The van der Waals surface area contributed by atoms with Crippen molar-refractivity contribution in [1.29, 1.82) is 0 Å². The molecule has 1 aromatic carbocycles. The fourth-order valence-electron chi connectivity index (χ4n) is 4.12. The molecular weight excluding hydrogens is 479 g/mol. The van der Waals surface area contributed by atoms with Crippen molar-refractivity contribution in [3.8, 4) is 0 Å². The van der Waals surface area contributed by atoms with E-state index < -0.39 is 38.9 Å². The van der Waals surface area contributed by atoms with Crippen LogP contribution < -0.4 is 21.6 Å². The van der Waals surface area contributed by atoms with E-state index in [4.69, 9.17) is 30.9 Å². The van der Waals surface area contributed by atoms with Gasteiger partial charge in [0, 0.05) is 11.6 Å². The van der Waals surface area contributed by atoms with Gasteiger partial charge < -0.3 is 31.0 Å². The Hall–Kier alpha value is -3.10. The second-order valence-corrected chi connectivity index (χ2v) is 9.58. The Balaban J connectivity index is 1.30. The topological polar surface area (TPSA) is 212 Å². The van der Waals surface area contributed by atoms with Gasteiger partial charge in [-0.3, -0.25) is 9.09 Å². The van der Waals surface area contributed by atoms with Crippen LogP contribution in [0.15, 0.2) is 43.1 Å². The molecule has 1 saturated heterocycles. The van der Waals surface area contributed by atoms with E-state index >= 15 is 0 Å². The fraction of sp³-hybridized carbons (Fsp3) is 0.350. The zero-order valence-electron chi connectivity index (χ0n) is 18.4. The van der Waals surface area contributed by atoms with E-state index in [-0.39, 0.29) is 5.82 Å². The minimum atomic E-state index is -4.15. The SMILES string of the molecule is NCCc1cn(OP(N)(=O)OC[C@H]2O[C@@H](n3cnc4c(N)ncnc43)C(O)C2O)c2ccccc12. The molecule has 1 fully saturated rings. The van der Waals surface area contributed by atoms with E-state index in [0.717, 1.165) is 10.9 Å². The van der Waals surface area contributed by atoms with Gasteiger partial charge in [-0.15, -0.1) is 0 Å². The van der Waals surface area contributed by atoms with Crippen molar-refractivity contribution in [2.24, 2.45) is 11.2 Å². The summed E-state index contributed by atoms with van der Waals surface area (Å²) in [7, 11) is -4.15. The quantitative estimate of drug-likeness (QED) is 0.196. The molecule has 4 aromatic rings. The van der Waals surface area contributed by atoms with E-state index in [1.54, 1.807) is 18.3 Å². The van der Waals surface area contributed by atoms with Gasteiger partial charge in [-0.2, -0.15) is 4.73 Å². The predicted octanol–water partition coefficient (Wildman–Crippen LogP) is -0.304. The number of hydrogen-bond acceptors (Lipinski definition) is 11. The molecule has 0 aliphatic carbocycles. The summed E-state index contributed by atoms with van der Waals surface area (Å²) in [4.78, 5) is 12.1. The molecule has 35 heavy (non-hydrogen) atoms. The van der Waals surface area contributed by atoms with Crippen LogP contribution in [0.3, 0.4) is 0 Å². The second kappa shape index (κ2) is 9.17. The number of benzene rings is 1. The molecule has 5 atom stereocenters. The molecule has 0 amide bonds. The lowest BCUT2D eigenvalue weighted by atomic mass is 10.1. The van der Waals surface area contributed by atoms with Gasteiger partial charge in [0.1, 0.15) is 30.2 Å². The van der Waals surface area contributed by atoms with E-state index in [9.17, 15) is 14.8 Å². The molecule has 3 unspecified atom stereocenters. The van der Waals surface area contributed by atoms with Crippen LogP contribution in [0.2, 0.25) is 0 Å². The Kier molecular flexibility index (Phi) is 6.19. The van der Waals surface area contributed by atoms with Crippen molar-refractivity contribution in [2.75, 3.05) is 18.9 Å². The van der Waals surface area contributed by atoms with Crippen molar-refractivity contribution < 1.29 is 28.7 Å². The van der Waals surface area contributed by atoms with Gasteiger partial charge >= 0.3 is 7.75 Å². The number of aliphatic hydroxyl groups excluding tert-OH is 2. The largest absolute Gasteiger partial charge is 0.474 e. The molecule has 8 N–H and O–H groups in total. The first kappa shape index (κ1) is 23.6. The number of hydrogen-bond donors (Lipinski definition) is 5. The van der Waals surface area contributed by atoms with Crippen molar-refractivity contribution in [2.45, 2.75) is 31.0 Å². The van der Waals surface area contributed by atoms with Crippen molar-refractivity contribution in [3.63, 3.8) is 0 Å². The van der Waals surface area contributed by atoms with Gasteiger partial charge in [-0.05, 0) is 24.6 Å². The van der Waals surface area contributed by atoms with Gasteiger partial charge in [0.15, 0.2) is 17.7 Å². The number of fused-ring (bicyclic) bond motifs is 2. The summed E-state index contributed by atoms with van der Waals surface area (Å²) in [5.41, 5.74) is 19.5. The number of nitrogens with two attached hydrogens (primary N) is 3. The first-order chi connectivity index (χ1) is 16.8. The summed E-state index contributed by atoms with van der Waals surface area (Å²) >= 11 is 0. The Bertz CT molecular complexity index is 1410. The minimum absolute atomic E-state index is 0.162. The van der Waals surface area contributed by atoms with Crippen molar-refractivity contribution in [3.05, 3.63) is 48.7 Å². The van der Waals surface area contributed by atoms with Crippen LogP contribution in [-0.4, -0.2) is 65.9 Å². The molecule has 4 heterocycles. The second-order valence-electron chi connectivity index (χ2n) is 8.08. The van der Waals surface area contributed by atoms with Gasteiger partial charge in [0.25, 0.3) is 0 Å². The molecule has 186 valence electrons. The summed E-state index contributed by atoms with van der Waals surface area (Å²) < 4.78 is 32.2. The Morgan fingerprint density at radius 3 is 2.77 bits per heavy atom. The molecule has 0 radical (unpaired) electrons. The minimum Gasteiger partial charge on any atom is -0.387 e. The number of nitrogen functional groups attached to an aromatic ring is 1. The number of para-hydroxylation sites is 1. The molecular formula is C20H25N8O6P. The van der Waals surface area contributed by atoms with Gasteiger partial charge in [-0.25, -0.2) is 25.0 Å². The molecule has 0 bridgehead atoms. The third-order valence-electron chi connectivity index (χ3n) is 5.79. The Morgan fingerprint density at radius 1 is 1.17 bits per heavy atom. The van der Waals surface area contributed by atoms with Crippen LogP contribution in [0.1, 0.15) is 11.8 Å². The highest BCUT2D eigenvalue weighted by Gasteiger charge is 2.45. The number of rotatable bonds is 8. The summed E-state index contributed by atoms with van der Waals surface area (Å²) in [5.74, 6) is 0.162. The summed E-state index contributed by atoms with van der Waals surface area (Å²) in [5, 5.41) is 22.0. The van der Waals surface area contributed by atoms with Gasteiger partial charge in [0.2, 0.25) is 0 Å². The van der Waals surface area contributed by atoms with E-state index in [1.807, 2.05) is 12.1 Å². The molecule has 0 saturated carbocycles. The molecule has 1 aliphatic rings. The lowest BCUT2D eigenvalue weighted by Crippen LogP contribution is -2.34. The Labute approximate surface area is 198 Å². The van der Waals surface area contributed by atoms with Crippen molar-refractivity contribution in [1.82, 2.24) is 24.2 Å². The van der Waals surface area contributed by atoms with E-state index in [1.165, 1.54) is 22.0 Å². The Morgan fingerprint density at radius 2 is 1.97 bits per heavy atom. The summed E-state index contributed by atoms with van der Waals surface area (Å²) in [6, 6.07) is 7.35. The van der Waals surface area contributed by atoms with E-state index in [0.29, 0.717) is 29.6 Å². The summed E-state index contributed by atoms with van der Waals surface area (Å²) in [6.07, 6.45) is 0.00566. The number of aliphatic hydroxyl groups is 2. The normalized spacial score (nSPS) is 24.2. The molecule has 5 rings (SSSR count). The number of imidazole rings is 1. The van der Waals surface area contributed by atoms with Crippen LogP contribution >= 0.6 is 7.75 Å². The average Bonchev–Trinajstić information content (AvgIpc) is 3.49. The number of anilines is 1. The van der Waals surface area contributed by atoms with Crippen molar-refractivity contribution >= 4 is 35.6 Å². The maximum absolute atomic E-state index is 12.9. The summed E-state index contributed by atoms with van der Waals surface area (Å²) in [6.45, 7) is 0.0110. The third kappa shape index (κ3) is 4.36. The standard InChI is InChI=1S/C20H25N8O6P/c21-6-5-11-7-28(13-4-2-1-3-12(11)13)34-35(23,31)32-8-14-16(29)17(30)20(33-14)27-10-26-15-18(22)24-9-25-19(15)27/h1-4,7,9-10,14,16-17,20,29-30H,5-6,8,21H2,(H2,23,31)(H2,22,24,25)/t14-,16?,17?,20-,35?/m1/s1. The monoisotopic (exact) mass is 504 g/mol. The van der Waals surface area contributed by atoms with E-state index in [2.05, 4.69) is 15.0 Å². The highest BCUT2D eigenvalue weighted by Crippen LogP contribution is 2.39. The number of aromatic nitrogens is 5. The highest BCUT2D eigenvalue weighted by molar-refractivity contribution is 7.51. The third-order valence-corrected chi connectivity index (χ3v) is 6.71. The van der Waals surface area contributed by atoms with Crippen LogP contribution in [0.5, 0.6) is 0 Å². The zero-order valence-corrected chi connectivity index (χ0v) is 19.3. The molecule has 14 nitrogen and oxygen atoms in total.